The highest BCUT2D eigenvalue weighted by Gasteiger charge is 2.07. The molecule has 26 heavy (non-hydrogen) atoms. The second kappa shape index (κ2) is 7.90. The van der Waals surface area contributed by atoms with E-state index in [2.05, 4.69) is 20.6 Å². The minimum atomic E-state index is -0.157. The lowest BCUT2D eigenvalue weighted by molar-refractivity contribution is 0.102. The second-order valence-electron chi connectivity index (χ2n) is 5.74. The van der Waals surface area contributed by atoms with Crippen LogP contribution in [0.2, 0.25) is 0 Å². The topological polar surface area (TPSA) is 90.7 Å². The Morgan fingerprint density at radius 1 is 1.12 bits per heavy atom. The minimum Gasteiger partial charge on any atom is -0.364 e. The van der Waals surface area contributed by atoms with E-state index in [4.69, 9.17) is 5.26 Å². The molecule has 0 aliphatic carbocycles. The Kier molecular flexibility index (Phi) is 5.20. The summed E-state index contributed by atoms with van der Waals surface area (Å²) in [5, 5.41) is 15.0. The van der Waals surface area contributed by atoms with Crippen LogP contribution in [0.15, 0.2) is 60.9 Å². The van der Waals surface area contributed by atoms with Gasteiger partial charge in [-0.15, -0.1) is 0 Å². The van der Waals surface area contributed by atoms with Crippen LogP contribution < -0.4 is 10.6 Å². The fourth-order valence-electron chi connectivity index (χ4n) is 2.40. The first-order valence-electron chi connectivity index (χ1n) is 8.07. The van der Waals surface area contributed by atoms with E-state index in [9.17, 15) is 4.79 Å². The summed E-state index contributed by atoms with van der Waals surface area (Å²) in [5.74, 6) is 0.278. The molecule has 6 heteroatoms. The number of aromatic nitrogens is 2. The molecule has 0 spiro atoms. The van der Waals surface area contributed by atoms with Crippen molar-refractivity contribution in [1.82, 2.24) is 9.97 Å². The van der Waals surface area contributed by atoms with Gasteiger partial charge >= 0.3 is 0 Å². The number of rotatable bonds is 5. The predicted molar refractivity (Wildman–Crippen MR) is 99.6 cm³/mol. The number of nitriles is 1. The number of amides is 1. The van der Waals surface area contributed by atoms with Gasteiger partial charge in [0.25, 0.3) is 5.91 Å². The van der Waals surface area contributed by atoms with Crippen molar-refractivity contribution in [2.24, 2.45) is 0 Å². The highest BCUT2D eigenvalue weighted by molar-refractivity contribution is 6.04. The molecule has 0 saturated carbocycles. The van der Waals surface area contributed by atoms with E-state index in [1.54, 1.807) is 12.1 Å². The third kappa shape index (κ3) is 4.22. The highest BCUT2D eigenvalue weighted by atomic mass is 16.1. The number of aryl methyl sites for hydroxylation is 1. The SMILES string of the molecule is Cc1ccc(C(=O)Nc2cccc(CNc3nccnc3C#N)c2)cc1. The summed E-state index contributed by atoms with van der Waals surface area (Å²) in [7, 11) is 0. The smallest absolute Gasteiger partial charge is 0.255 e. The Balaban J connectivity index is 1.67. The zero-order chi connectivity index (χ0) is 18.4. The molecule has 0 unspecified atom stereocenters. The molecule has 128 valence electrons. The third-order valence-electron chi connectivity index (χ3n) is 3.76. The Bertz CT molecular complexity index is 960. The van der Waals surface area contributed by atoms with Crippen LogP contribution in [0.3, 0.4) is 0 Å². The van der Waals surface area contributed by atoms with Crippen LogP contribution in [-0.4, -0.2) is 15.9 Å². The Morgan fingerprint density at radius 2 is 1.88 bits per heavy atom. The maximum absolute atomic E-state index is 12.3. The number of benzene rings is 2. The average molecular weight is 343 g/mol. The average Bonchev–Trinajstić information content (AvgIpc) is 2.67. The van der Waals surface area contributed by atoms with Gasteiger partial charge in [0.15, 0.2) is 11.5 Å². The monoisotopic (exact) mass is 343 g/mol. The molecule has 6 nitrogen and oxygen atoms in total. The molecule has 0 fully saturated rings. The van der Waals surface area contributed by atoms with Gasteiger partial charge in [-0.3, -0.25) is 4.79 Å². The van der Waals surface area contributed by atoms with Gasteiger partial charge in [-0.05, 0) is 36.8 Å². The van der Waals surface area contributed by atoms with Gasteiger partial charge in [-0.2, -0.15) is 5.26 Å². The first kappa shape index (κ1) is 17.1. The molecule has 0 atom stereocenters. The summed E-state index contributed by atoms with van der Waals surface area (Å²) < 4.78 is 0. The van der Waals surface area contributed by atoms with E-state index >= 15 is 0 Å². The van der Waals surface area contributed by atoms with Gasteiger partial charge < -0.3 is 10.6 Å². The first-order valence-corrected chi connectivity index (χ1v) is 8.07. The van der Waals surface area contributed by atoms with Crippen molar-refractivity contribution in [1.29, 1.82) is 5.26 Å². The van der Waals surface area contributed by atoms with Crippen LogP contribution in [0.1, 0.15) is 27.2 Å². The summed E-state index contributed by atoms with van der Waals surface area (Å²) >= 11 is 0. The van der Waals surface area contributed by atoms with Crippen molar-refractivity contribution in [3.8, 4) is 6.07 Å². The van der Waals surface area contributed by atoms with Gasteiger partial charge in [0.2, 0.25) is 0 Å². The molecule has 1 heterocycles. The summed E-state index contributed by atoms with van der Waals surface area (Å²) in [4.78, 5) is 20.4. The Hall–Kier alpha value is -3.72. The molecule has 0 bridgehead atoms. The standard InChI is InChI=1S/C20H17N5O/c1-14-5-7-16(8-6-14)20(26)25-17-4-2-3-15(11-17)13-24-19-18(12-21)22-9-10-23-19/h2-11H,13H2,1H3,(H,23,24)(H,25,26). The summed E-state index contributed by atoms with van der Waals surface area (Å²) in [5.41, 5.74) is 3.61. The normalized spacial score (nSPS) is 10.0. The van der Waals surface area contributed by atoms with E-state index < -0.39 is 0 Å². The molecule has 0 aliphatic heterocycles. The molecule has 0 saturated heterocycles. The fraction of sp³-hybridized carbons (Fsp3) is 0.100. The van der Waals surface area contributed by atoms with Crippen LogP contribution >= 0.6 is 0 Å². The van der Waals surface area contributed by atoms with Gasteiger partial charge in [0, 0.05) is 30.2 Å². The largest absolute Gasteiger partial charge is 0.364 e. The van der Waals surface area contributed by atoms with E-state index in [1.807, 2.05) is 49.4 Å². The number of carbonyl (C=O) groups excluding carboxylic acids is 1. The van der Waals surface area contributed by atoms with E-state index in [0.717, 1.165) is 11.1 Å². The molecular formula is C20H17N5O. The van der Waals surface area contributed by atoms with Crippen molar-refractivity contribution in [3.05, 3.63) is 83.3 Å². The molecule has 3 aromatic rings. The number of nitrogens with one attached hydrogen (secondary N) is 2. The zero-order valence-electron chi connectivity index (χ0n) is 14.2. The predicted octanol–water partition coefficient (Wildman–Crippen LogP) is 3.52. The molecule has 2 aromatic carbocycles. The van der Waals surface area contributed by atoms with Crippen molar-refractivity contribution >= 4 is 17.4 Å². The molecule has 0 aliphatic rings. The molecule has 2 N–H and O–H groups in total. The summed E-state index contributed by atoms with van der Waals surface area (Å²) in [6, 6.07) is 16.9. The molecular weight excluding hydrogens is 326 g/mol. The lowest BCUT2D eigenvalue weighted by Gasteiger charge is -2.09. The van der Waals surface area contributed by atoms with E-state index in [1.165, 1.54) is 12.4 Å². The van der Waals surface area contributed by atoms with E-state index in [-0.39, 0.29) is 11.6 Å². The highest BCUT2D eigenvalue weighted by Crippen LogP contribution is 2.15. The fourth-order valence-corrected chi connectivity index (χ4v) is 2.40. The number of carbonyl (C=O) groups is 1. The van der Waals surface area contributed by atoms with Crippen molar-refractivity contribution < 1.29 is 4.79 Å². The van der Waals surface area contributed by atoms with Gasteiger partial charge in [0.05, 0.1) is 0 Å². The van der Waals surface area contributed by atoms with Crippen LogP contribution in [0, 0.1) is 18.3 Å². The third-order valence-corrected chi connectivity index (χ3v) is 3.76. The van der Waals surface area contributed by atoms with Crippen molar-refractivity contribution in [2.75, 3.05) is 10.6 Å². The second-order valence-corrected chi connectivity index (χ2v) is 5.74. The molecule has 1 amide bonds. The Morgan fingerprint density at radius 3 is 2.65 bits per heavy atom. The first-order chi connectivity index (χ1) is 12.7. The number of nitrogens with zero attached hydrogens (tertiary/aromatic N) is 3. The van der Waals surface area contributed by atoms with Crippen molar-refractivity contribution in [3.63, 3.8) is 0 Å². The maximum Gasteiger partial charge on any atom is 0.255 e. The lowest BCUT2D eigenvalue weighted by Crippen LogP contribution is -2.12. The summed E-state index contributed by atoms with van der Waals surface area (Å²) in [6.45, 7) is 2.44. The van der Waals surface area contributed by atoms with Gasteiger partial charge in [0.1, 0.15) is 6.07 Å². The maximum atomic E-state index is 12.3. The van der Waals surface area contributed by atoms with Gasteiger partial charge in [-0.1, -0.05) is 29.8 Å². The van der Waals surface area contributed by atoms with Gasteiger partial charge in [-0.25, -0.2) is 9.97 Å². The van der Waals surface area contributed by atoms with Crippen LogP contribution in [0.25, 0.3) is 0 Å². The molecule has 3 rings (SSSR count). The number of hydrogen-bond acceptors (Lipinski definition) is 5. The van der Waals surface area contributed by atoms with Crippen LogP contribution in [-0.2, 0) is 6.54 Å². The quantitative estimate of drug-likeness (QED) is 0.739. The van der Waals surface area contributed by atoms with E-state index in [0.29, 0.717) is 23.6 Å². The van der Waals surface area contributed by atoms with Crippen LogP contribution in [0.5, 0.6) is 0 Å². The number of hydrogen-bond donors (Lipinski definition) is 2. The minimum absolute atomic E-state index is 0.157. The molecule has 1 aromatic heterocycles. The number of anilines is 2. The van der Waals surface area contributed by atoms with Crippen LogP contribution in [0.4, 0.5) is 11.5 Å². The Labute approximate surface area is 151 Å². The zero-order valence-corrected chi connectivity index (χ0v) is 14.2. The van der Waals surface area contributed by atoms with Crippen molar-refractivity contribution in [2.45, 2.75) is 13.5 Å². The lowest BCUT2D eigenvalue weighted by atomic mass is 10.1. The summed E-state index contributed by atoms with van der Waals surface area (Å²) in [6.07, 6.45) is 3.01. The molecule has 0 radical (unpaired) electrons.